The van der Waals surface area contributed by atoms with Gasteiger partial charge in [-0.15, -0.1) is 0 Å². The van der Waals surface area contributed by atoms with E-state index in [0.29, 0.717) is 36.9 Å². The van der Waals surface area contributed by atoms with Gasteiger partial charge in [-0.25, -0.2) is 9.78 Å². The number of aromatic nitrogens is 1. The number of ether oxygens (including phenoxy) is 1. The van der Waals surface area contributed by atoms with E-state index in [1.807, 2.05) is 25.1 Å². The summed E-state index contributed by atoms with van der Waals surface area (Å²) in [5, 5.41) is 6.21. The molecule has 1 aromatic carbocycles. The van der Waals surface area contributed by atoms with Crippen LogP contribution in [0, 0.1) is 12.8 Å². The number of likely N-dealkylation sites (tertiary alicyclic amines) is 1. The Bertz CT molecular complexity index is 1020. The lowest BCUT2D eigenvalue weighted by Crippen LogP contribution is -2.33. The first-order valence-corrected chi connectivity index (χ1v) is 11.5. The fraction of sp³-hybridized carbons (Fsp3) is 0.500. The summed E-state index contributed by atoms with van der Waals surface area (Å²) in [6, 6.07) is 8.99. The minimum Gasteiger partial charge on any atom is -0.384 e. The molecule has 0 bridgehead atoms. The number of carbonyl (C=O) groups is 1. The number of carbonyl (C=O) groups excluding carboxylic acids is 1. The average molecular weight is 478 g/mol. The molecule has 0 unspecified atom stereocenters. The highest BCUT2D eigenvalue weighted by atomic mass is 19.4. The number of urea groups is 1. The molecule has 2 aromatic rings. The molecule has 4 N–H and O–H groups in total. The van der Waals surface area contributed by atoms with E-state index in [1.54, 1.807) is 12.1 Å². The number of rotatable bonds is 5. The minimum atomic E-state index is -4.22. The van der Waals surface area contributed by atoms with Crippen LogP contribution in [-0.2, 0) is 4.74 Å². The molecule has 2 saturated heterocycles. The van der Waals surface area contributed by atoms with E-state index in [0.717, 1.165) is 36.1 Å². The number of anilines is 3. The first-order valence-electron chi connectivity index (χ1n) is 11.5. The molecule has 2 fully saturated rings. The van der Waals surface area contributed by atoms with E-state index in [1.165, 1.54) is 4.90 Å². The van der Waals surface area contributed by atoms with Crippen LogP contribution in [0.2, 0.25) is 0 Å². The van der Waals surface area contributed by atoms with Crippen LogP contribution in [0.1, 0.15) is 31.2 Å². The second kappa shape index (κ2) is 10.1. The van der Waals surface area contributed by atoms with Crippen molar-refractivity contribution in [3.05, 3.63) is 35.9 Å². The van der Waals surface area contributed by atoms with Gasteiger partial charge < -0.3 is 26.0 Å². The van der Waals surface area contributed by atoms with Crippen molar-refractivity contribution in [1.29, 1.82) is 0 Å². The average Bonchev–Trinajstić information content (AvgIpc) is 3.22. The van der Waals surface area contributed by atoms with Gasteiger partial charge in [0.1, 0.15) is 11.6 Å². The van der Waals surface area contributed by atoms with Gasteiger partial charge in [0.25, 0.3) is 0 Å². The molecule has 1 aromatic heterocycles. The summed E-state index contributed by atoms with van der Waals surface area (Å²) < 4.78 is 43.5. The maximum Gasteiger partial charge on any atom is 0.389 e. The number of nitrogens with zero attached hydrogens (tertiary/aromatic N) is 2. The molecule has 3 heterocycles. The number of benzene rings is 1. The highest BCUT2D eigenvalue weighted by molar-refractivity contribution is 5.91. The van der Waals surface area contributed by atoms with Crippen LogP contribution in [0.3, 0.4) is 0 Å². The van der Waals surface area contributed by atoms with Crippen LogP contribution in [0.15, 0.2) is 30.3 Å². The SMILES string of the molecule is Cc1ccc(NC(=O)N2CC[C@@H](CC(F)(F)F)C2)cc1-c1cc(N)nc(N[C@@H]2CCCOC2)c1. The predicted octanol–water partition coefficient (Wildman–Crippen LogP) is 5.04. The Morgan fingerprint density at radius 2 is 2.09 bits per heavy atom. The molecule has 2 atom stereocenters. The van der Waals surface area contributed by atoms with Crippen LogP contribution in [-0.4, -0.2) is 54.4 Å². The summed E-state index contributed by atoms with van der Waals surface area (Å²) in [7, 11) is 0. The maximum absolute atomic E-state index is 12.7. The van der Waals surface area contributed by atoms with Crippen molar-refractivity contribution in [2.75, 3.05) is 42.7 Å². The van der Waals surface area contributed by atoms with E-state index < -0.39 is 24.5 Å². The Morgan fingerprint density at radius 3 is 2.82 bits per heavy atom. The van der Waals surface area contributed by atoms with Gasteiger partial charge in [-0.3, -0.25) is 0 Å². The second-order valence-electron chi connectivity index (χ2n) is 9.10. The van der Waals surface area contributed by atoms with Gasteiger partial charge in [-0.05, 0) is 73.1 Å². The topological polar surface area (TPSA) is 92.5 Å². The van der Waals surface area contributed by atoms with Gasteiger partial charge in [0.2, 0.25) is 0 Å². The van der Waals surface area contributed by atoms with Gasteiger partial charge in [-0.1, -0.05) is 6.07 Å². The molecule has 184 valence electrons. The molecule has 10 heteroatoms. The Balaban J connectivity index is 1.46. The van der Waals surface area contributed by atoms with Crippen molar-refractivity contribution in [1.82, 2.24) is 9.88 Å². The Morgan fingerprint density at radius 1 is 1.26 bits per heavy atom. The number of nitrogens with two attached hydrogens (primary N) is 1. The highest BCUT2D eigenvalue weighted by Gasteiger charge is 2.36. The number of alkyl halides is 3. The molecular formula is C24H30F3N5O2. The number of halogens is 3. The normalized spacial score (nSPS) is 20.9. The van der Waals surface area contributed by atoms with E-state index in [2.05, 4.69) is 15.6 Å². The molecule has 2 aliphatic rings. The van der Waals surface area contributed by atoms with E-state index >= 15 is 0 Å². The number of pyridine rings is 1. The molecule has 0 spiro atoms. The summed E-state index contributed by atoms with van der Waals surface area (Å²) >= 11 is 0. The minimum absolute atomic E-state index is 0.102. The summed E-state index contributed by atoms with van der Waals surface area (Å²) in [4.78, 5) is 18.5. The molecule has 2 aliphatic heterocycles. The third-order valence-corrected chi connectivity index (χ3v) is 6.25. The van der Waals surface area contributed by atoms with Gasteiger partial charge >= 0.3 is 12.2 Å². The largest absolute Gasteiger partial charge is 0.389 e. The van der Waals surface area contributed by atoms with E-state index in [4.69, 9.17) is 10.5 Å². The number of amides is 2. The first kappa shape index (κ1) is 24.1. The van der Waals surface area contributed by atoms with E-state index in [-0.39, 0.29) is 12.6 Å². The summed E-state index contributed by atoms with van der Waals surface area (Å²) in [5.74, 6) is 0.477. The monoisotopic (exact) mass is 477 g/mol. The lowest BCUT2D eigenvalue weighted by Gasteiger charge is -2.24. The second-order valence-corrected chi connectivity index (χ2v) is 9.10. The van der Waals surface area contributed by atoms with Crippen LogP contribution >= 0.6 is 0 Å². The Kier molecular flexibility index (Phi) is 7.16. The van der Waals surface area contributed by atoms with Crippen LogP contribution in [0.5, 0.6) is 0 Å². The molecule has 34 heavy (non-hydrogen) atoms. The Labute approximate surface area is 196 Å². The van der Waals surface area contributed by atoms with Gasteiger partial charge in [0.05, 0.1) is 12.6 Å². The quantitative estimate of drug-likeness (QED) is 0.561. The Hall–Kier alpha value is -3.01. The van der Waals surface area contributed by atoms with Crippen molar-refractivity contribution in [3.63, 3.8) is 0 Å². The van der Waals surface area contributed by atoms with Crippen LogP contribution in [0.25, 0.3) is 11.1 Å². The van der Waals surface area contributed by atoms with Crippen molar-refractivity contribution >= 4 is 23.4 Å². The number of nitrogen functional groups attached to an aromatic ring is 1. The van der Waals surface area contributed by atoms with Crippen LogP contribution < -0.4 is 16.4 Å². The van der Waals surface area contributed by atoms with Crippen molar-refractivity contribution in [3.8, 4) is 11.1 Å². The van der Waals surface area contributed by atoms with Gasteiger partial charge in [0.15, 0.2) is 0 Å². The zero-order chi connectivity index (χ0) is 24.3. The number of hydrogen-bond acceptors (Lipinski definition) is 5. The fourth-order valence-electron chi connectivity index (χ4n) is 4.57. The molecule has 0 aliphatic carbocycles. The first-order chi connectivity index (χ1) is 16.2. The third kappa shape index (κ3) is 6.31. The van der Waals surface area contributed by atoms with Crippen molar-refractivity contribution < 1.29 is 22.7 Å². The predicted molar refractivity (Wildman–Crippen MR) is 126 cm³/mol. The molecule has 4 rings (SSSR count). The number of hydrogen-bond donors (Lipinski definition) is 3. The molecule has 7 nitrogen and oxygen atoms in total. The third-order valence-electron chi connectivity index (χ3n) is 6.25. The van der Waals surface area contributed by atoms with Crippen molar-refractivity contribution in [2.24, 2.45) is 5.92 Å². The maximum atomic E-state index is 12.7. The number of nitrogens with one attached hydrogen (secondary N) is 2. The highest BCUT2D eigenvalue weighted by Crippen LogP contribution is 2.32. The fourth-order valence-corrected chi connectivity index (χ4v) is 4.57. The number of aryl methyl sites for hydroxylation is 1. The van der Waals surface area contributed by atoms with Crippen LogP contribution in [0.4, 0.5) is 35.3 Å². The molecular weight excluding hydrogens is 447 g/mol. The van der Waals surface area contributed by atoms with Crippen molar-refractivity contribution in [2.45, 2.75) is 44.8 Å². The zero-order valence-corrected chi connectivity index (χ0v) is 19.1. The summed E-state index contributed by atoms with van der Waals surface area (Å²) in [5.41, 5.74) is 9.36. The molecule has 0 radical (unpaired) electrons. The smallest absolute Gasteiger partial charge is 0.384 e. The molecule has 0 saturated carbocycles. The van der Waals surface area contributed by atoms with E-state index in [9.17, 15) is 18.0 Å². The van der Waals surface area contributed by atoms with Gasteiger partial charge in [-0.2, -0.15) is 13.2 Å². The molecule has 2 amide bonds. The zero-order valence-electron chi connectivity index (χ0n) is 19.1. The lowest BCUT2D eigenvalue weighted by atomic mass is 10.00. The van der Waals surface area contributed by atoms with Gasteiger partial charge in [0, 0.05) is 31.8 Å². The standard InChI is InChI=1S/C24H30F3N5O2/c1-15-4-5-18(30-23(33)32-7-6-16(13-32)12-24(25,26)27)11-20(15)17-9-21(28)31-22(10-17)29-19-3-2-8-34-14-19/h4-5,9-11,16,19H,2-3,6-8,12-14H2,1H3,(H,30,33)(H3,28,29,31)/t16-,19+/m0/s1. The summed E-state index contributed by atoms with van der Waals surface area (Å²) in [6.07, 6.45) is -2.75. The lowest BCUT2D eigenvalue weighted by molar-refractivity contribution is -0.143. The summed E-state index contributed by atoms with van der Waals surface area (Å²) in [6.45, 7) is 3.76.